The number of para-hydroxylation sites is 2. The quantitative estimate of drug-likeness (QED) is 0.103. The molecule has 8 heteroatoms. The molecule has 296 valence electrons. The zero-order chi connectivity index (χ0) is 42.1. The highest BCUT2D eigenvalue weighted by Crippen LogP contribution is 2.35. The molecule has 1 aromatic heterocycles. The van der Waals surface area contributed by atoms with Crippen molar-refractivity contribution in [3.8, 4) is 28.5 Å². The van der Waals surface area contributed by atoms with Crippen LogP contribution in [0.5, 0.6) is 0 Å². The third-order valence-corrected chi connectivity index (χ3v) is 10.5. The van der Waals surface area contributed by atoms with Crippen molar-refractivity contribution in [1.29, 1.82) is 0 Å². The fourth-order valence-electron chi connectivity index (χ4n) is 7.23. The summed E-state index contributed by atoms with van der Waals surface area (Å²) in [7, 11) is 0. The normalized spacial score (nSPS) is 11.4. The summed E-state index contributed by atoms with van der Waals surface area (Å²) in [4.78, 5) is 0. The minimum Gasteiger partial charge on any atom is -0.398 e. The summed E-state index contributed by atoms with van der Waals surface area (Å²) < 4.78 is 2.23. The third kappa shape index (κ3) is 10.4. The second kappa shape index (κ2) is 19.6. The molecular weight excluding hydrogens is 755 g/mol. The first kappa shape index (κ1) is 43.3. The molecule has 0 atom stereocenters. The molecule has 0 fully saturated rings. The van der Waals surface area contributed by atoms with Crippen LogP contribution in [0.15, 0.2) is 132 Å². The van der Waals surface area contributed by atoms with Crippen molar-refractivity contribution in [3.05, 3.63) is 188 Å². The first-order chi connectivity index (χ1) is 27.7. The van der Waals surface area contributed by atoms with E-state index in [-0.39, 0.29) is 0 Å². The van der Waals surface area contributed by atoms with Crippen LogP contribution in [-0.2, 0) is 0 Å². The molecule has 0 unspecified atom stereocenters. The van der Waals surface area contributed by atoms with Crippen LogP contribution in [-0.4, -0.2) is 25.1 Å². The summed E-state index contributed by atoms with van der Waals surface area (Å²) in [6, 6.07) is 40.8. The van der Waals surface area contributed by atoms with Gasteiger partial charge in [-0.15, -0.1) is 20.4 Å². The number of aromatic nitrogens is 3. The number of halogens is 2. The number of nitrogens with zero attached hydrogens (tertiary/aromatic N) is 5. The van der Waals surface area contributed by atoms with Gasteiger partial charge in [0, 0.05) is 27.9 Å². The highest BCUT2D eigenvalue weighted by atomic mass is 35.5. The number of rotatable bonds is 6. The zero-order valence-electron chi connectivity index (χ0n) is 35.1. The first-order valence-electron chi connectivity index (χ1n) is 19.3. The average Bonchev–Trinajstić information content (AvgIpc) is 3.60. The van der Waals surface area contributed by atoms with Crippen molar-refractivity contribution in [1.82, 2.24) is 14.8 Å². The molecule has 1 heterocycles. The minimum atomic E-state index is 0.316. The van der Waals surface area contributed by atoms with Crippen molar-refractivity contribution in [2.75, 3.05) is 5.73 Å². The van der Waals surface area contributed by atoms with Gasteiger partial charge in [-0.1, -0.05) is 156 Å². The van der Waals surface area contributed by atoms with Crippen LogP contribution in [0, 0.1) is 69.2 Å². The lowest BCUT2D eigenvalue weighted by Crippen LogP contribution is -2.06. The fourth-order valence-corrected chi connectivity index (χ4v) is 7.73. The SMILES string of the molecule is Cc1cc(C)c(-c2nnc(-c3ccccc3)n2-c2c(C)cccc2C)c(C)c1.Cc1cc(C)c(/C(Cl)=N/N=C(\Cl)c2ccccc2)c(C)c1.Cc1cccc(C)c1N. The van der Waals surface area contributed by atoms with Gasteiger partial charge in [-0.05, 0) is 114 Å². The zero-order valence-corrected chi connectivity index (χ0v) is 36.6. The molecular formula is C50H52Cl2N6. The number of aryl methyl sites for hydroxylation is 10. The van der Waals surface area contributed by atoms with E-state index < -0.39 is 0 Å². The molecule has 7 aromatic rings. The van der Waals surface area contributed by atoms with Gasteiger partial charge >= 0.3 is 0 Å². The summed E-state index contributed by atoms with van der Waals surface area (Å²) in [5.74, 6) is 1.76. The first-order valence-corrected chi connectivity index (χ1v) is 20.0. The maximum absolute atomic E-state index is 6.28. The molecule has 0 aliphatic rings. The van der Waals surface area contributed by atoms with Crippen molar-refractivity contribution >= 4 is 39.2 Å². The predicted molar refractivity (Wildman–Crippen MR) is 248 cm³/mol. The largest absolute Gasteiger partial charge is 0.398 e. The van der Waals surface area contributed by atoms with E-state index in [0.29, 0.717) is 10.3 Å². The van der Waals surface area contributed by atoms with Crippen LogP contribution in [0.1, 0.15) is 66.8 Å². The molecule has 0 saturated heterocycles. The number of nitrogens with two attached hydrogens (primary N) is 1. The van der Waals surface area contributed by atoms with Gasteiger partial charge in [0.2, 0.25) is 0 Å². The third-order valence-electron chi connectivity index (χ3n) is 9.92. The summed E-state index contributed by atoms with van der Waals surface area (Å²) >= 11 is 12.4. The van der Waals surface area contributed by atoms with Crippen molar-refractivity contribution < 1.29 is 0 Å². The van der Waals surface area contributed by atoms with Gasteiger partial charge in [0.1, 0.15) is 0 Å². The molecule has 0 amide bonds. The fraction of sp³-hybridized carbons (Fsp3) is 0.200. The van der Waals surface area contributed by atoms with E-state index in [2.05, 4.69) is 121 Å². The van der Waals surface area contributed by atoms with Crippen molar-refractivity contribution in [2.24, 2.45) is 10.2 Å². The van der Waals surface area contributed by atoms with Crippen LogP contribution in [0.25, 0.3) is 28.5 Å². The molecule has 6 aromatic carbocycles. The number of hydrogen-bond acceptors (Lipinski definition) is 5. The van der Waals surface area contributed by atoms with E-state index in [1.54, 1.807) is 0 Å². The van der Waals surface area contributed by atoms with Gasteiger partial charge < -0.3 is 5.73 Å². The Kier molecular flexibility index (Phi) is 14.6. The van der Waals surface area contributed by atoms with E-state index >= 15 is 0 Å². The average molecular weight is 808 g/mol. The number of hydrogen-bond donors (Lipinski definition) is 1. The van der Waals surface area contributed by atoms with E-state index in [4.69, 9.17) is 28.9 Å². The van der Waals surface area contributed by atoms with Crippen molar-refractivity contribution in [2.45, 2.75) is 69.2 Å². The van der Waals surface area contributed by atoms with Crippen LogP contribution in [0.2, 0.25) is 0 Å². The van der Waals surface area contributed by atoms with E-state index in [1.165, 1.54) is 33.4 Å². The predicted octanol–water partition coefficient (Wildman–Crippen LogP) is 13.2. The lowest BCUT2D eigenvalue weighted by molar-refractivity contribution is 1.03. The molecule has 0 bridgehead atoms. The topological polar surface area (TPSA) is 81.5 Å². The Bertz CT molecular complexity index is 2500. The Balaban J connectivity index is 0.000000187. The lowest BCUT2D eigenvalue weighted by atomic mass is 9.98. The molecule has 0 saturated carbocycles. The molecule has 2 N–H and O–H groups in total. The van der Waals surface area contributed by atoms with E-state index in [0.717, 1.165) is 67.5 Å². The van der Waals surface area contributed by atoms with E-state index in [9.17, 15) is 0 Å². The Hall–Kier alpha value is -5.82. The molecule has 7 rings (SSSR count). The van der Waals surface area contributed by atoms with Crippen LogP contribution >= 0.6 is 23.2 Å². The smallest absolute Gasteiger partial charge is 0.169 e. The van der Waals surface area contributed by atoms with Gasteiger partial charge in [0.15, 0.2) is 22.0 Å². The van der Waals surface area contributed by atoms with Crippen molar-refractivity contribution in [3.63, 3.8) is 0 Å². The standard InChI is InChI=1S/C25H25N3.C17H16Cl2N2.C8H11N/c1-16-14-19(4)22(20(5)15-16)25-27-26-24(21-12-7-6-8-13-21)28(25)23-17(2)10-9-11-18(23)3;1-11-9-12(2)15(13(3)10-11)17(19)21-20-16(18)14-7-5-4-6-8-14;1-6-4-3-5-7(2)8(6)9/h6-15H,1-5H3;4-10H,1-3H3;3-5H,9H2,1-2H3/b;20-16-,21-17-;. The maximum Gasteiger partial charge on any atom is 0.169 e. The number of anilines is 1. The van der Waals surface area contributed by atoms with Crippen LogP contribution in [0.4, 0.5) is 5.69 Å². The summed E-state index contributed by atoms with van der Waals surface area (Å²) in [5.41, 5.74) is 23.5. The van der Waals surface area contributed by atoms with Gasteiger partial charge in [-0.2, -0.15) is 0 Å². The Labute approximate surface area is 354 Å². The lowest BCUT2D eigenvalue weighted by Gasteiger charge is -2.18. The monoisotopic (exact) mass is 806 g/mol. The number of nitrogen functional groups attached to an aromatic ring is 1. The highest BCUT2D eigenvalue weighted by Gasteiger charge is 2.22. The minimum absolute atomic E-state index is 0.316. The number of benzene rings is 6. The Morgan fingerprint density at radius 3 is 1.41 bits per heavy atom. The molecule has 0 aliphatic carbocycles. The molecule has 0 aliphatic heterocycles. The van der Waals surface area contributed by atoms with Gasteiger partial charge in [0.25, 0.3) is 0 Å². The summed E-state index contributed by atoms with van der Waals surface area (Å²) in [5, 5.41) is 18.1. The van der Waals surface area contributed by atoms with Crippen LogP contribution < -0.4 is 5.73 Å². The van der Waals surface area contributed by atoms with E-state index in [1.807, 2.05) is 94.4 Å². The Morgan fingerprint density at radius 2 is 0.914 bits per heavy atom. The second-order valence-electron chi connectivity index (χ2n) is 14.8. The molecule has 0 spiro atoms. The summed E-state index contributed by atoms with van der Waals surface area (Å²) in [6.07, 6.45) is 0. The summed E-state index contributed by atoms with van der Waals surface area (Å²) in [6.45, 7) is 20.8. The van der Waals surface area contributed by atoms with Gasteiger partial charge in [-0.25, -0.2) is 0 Å². The van der Waals surface area contributed by atoms with Crippen LogP contribution in [0.3, 0.4) is 0 Å². The van der Waals surface area contributed by atoms with Gasteiger partial charge in [-0.3, -0.25) is 4.57 Å². The maximum atomic E-state index is 6.28. The second-order valence-corrected chi connectivity index (χ2v) is 15.5. The van der Waals surface area contributed by atoms with Gasteiger partial charge in [0.05, 0.1) is 5.69 Å². The molecule has 0 radical (unpaired) electrons. The molecule has 6 nitrogen and oxygen atoms in total. The highest BCUT2D eigenvalue weighted by molar-refractivity contribution is 6.71. The molecule has 58 heavy (non-hydrogen) atoms. The Morgan fingerprint density at radius 1 is 0.483 bits per heavy atom.